The highest BCUT2D eigenvalue weighted by molar-refractivity contribution is 6.24. The van der Waals surface area contributed by atoms with E-state index < -0.39 is 60.4 Å². The molecule has 0 aliphatic heterocycles. The molecule has 5 nitrogen and oxygen atoms in total. The van der Waals surface area contributed by atoms with Crippen LogP contribution in [-0.2, 0) is 0 Å². The third-order valence-corrected chi connectivity index (χ3v) is 10.2. The number of nitrogens with zero attached hydrogens (tertiary/aromatic N) is 5. The van der Waals surface area contributed by atoms with E-state index in [1.165, 1.54) is 0 Å². The van der Waals surface area contributed by atoms with E-state index in [0.717, 1.165) is 38.2 Å². The number of para-hydroxylation sites is 3. The standard InChI is InChI=1S/C51H33N5/c1-5-18-34(19-6-1)38-28-17-29-39(35-20-7-2-8-21-35)46(38)55-44-30-15-13-26-40(44)42-32-33-43-41-27-14-16-31-45(41)56(48(43)47(42)55)51-53-49(36-22-9-3-10-23-36)52-50(54-51)37-24-11-4-12-25-37/h1-33H/i1D,2D,5D,6D,7D,8D,18D,19D,20D,21D. The molecule has 0 saturated heterocycles. The molecule has 11 aromatic rings. The largest absolute Gasteiger partial charge is 0.306 e. The third-order valence-electron chi connectivity index (χ3n) is 10.2. The molecule has 262 valence electrons. The summed E-state index contributed by atoms with van der Waals surface area (Å²) in [6.07, 6.45) is 0. The Bertz CT molecular complexity index is 3630. The summed E-state index contributed by atoms with van der Waals surface area (Å²) >= 11 is 0. The lowest BCUT2D eigenvalue weighted by molar-refractivity contribution is 0.953. The van der Waals surface area contributed by atoms with Gasteiger partial charge in [0.2, 0.25) is 5.95 Å². The Kier molecular flexibility index (Phi) is 5.41. The second kappa shape index (κ2) is 13.0. The highest BCUT2D eigenvalue weighted by Crippen LogP contribution is 2.45. The van der Waals surface area contributed by atoms with E-state index in [0.29, 0.717) is 34.1 Å². The molecular weight excluding hydrogens is 683 g/mol. The lowest BCUT2D eigenvalue weighted by Crippen LogP contribution is -2.07. The van der Waals surface area contributed by atoms with Crippen LogP contribution in [0.2, 0.25) is 0 Å². The summed E-state index contributed by atoms with van der Waals surface area (Å²) in [4.78, 5) is 15.3. The Morgan fingerprint density at radius 3 is 1.32 bits per heavy atom. The molecule has 0 spiro atoms. The highest BCUT2D eigenvalue weighted by Gasteiger charge is 2.25. The quantitative estimate of drug-likeness (QED) is 0.171. The number of aromatic nitrogens is 5. The molecule has 0 unspecified atom stereocenters. The highest BCUT2D eigenvalue weighted by atomic mass is 15.2. The molecular formula is C51H33N5. The summed E-state index contributed by atoms with van der Waals surface area (Å²) in [6, 6.07) is 38.6. The van der Waals surface area contributed by atoms with Gasteiger partial charge in [0.25, 0.3) is 0 Å². The van der Waals surface area contributed by atoms with Crippen LogP contribution in [0.25, 0.3) is 100 Å². The Hall–Kier alpha value is -7.63. The van der Waals surface area contributed by atoms with Crippen molar-refractivity contribution in [2.45, 2.75) is 0 Å². The van der Waals surface area contributed by atoms with Gasteiger partial charge in [0.05, 0.1) is 41.5 Å². The average molecular weight is 726 g/mol. The summed E-state index contributed by atoms with van der Waals surface area (Å²) in [5.74, 6) is 1.18. The van der Waals surface area contributed by atoms with Crippen molar-refractivity contribution < 1.29 is 13.7 Å². The topological polar surface area (TPSA) is 48.5 Å². The Balaban J connectivity index is 1.38. The van der Waals surface area contributed by atoms with E-state index in [4.69, 9.17) is 23.2 Å². The Morgan fingerprint density at radius 1 is 0.357 bits per heavy atom. The molecule has 0 fully saturated rings. The molecule has 0 bridgehead atoms. The summed E-state index contributed by atoms with van der Waals surface area (Å²) in [6.45, 7) is 0. The van der Waals surface area contributed by atoms with Gasteiger partial charge >= 0.3 is 0 Å². The molecule has 0 amide bonds. The Morgan fingerprint density at radius 2 is 0.804 bits per heavy atom. The smallest absolute Gasteiger partial charge is 0.238 e. The molecule has 11 rings (SSSR count). The van der Waals surface area contributed by atoms with Gasteiger partial charge in [0.1, 0.15) is 0 Å². The molecule has 0 atom stereocenters. The van der Waals surface area contributed by atoms with Gasteiger partial charge in [-0.05, 0) is 23.3 Å². The molecule has 0 aliphatic carbocycles. The minimum absolute atomic E-state index is 0.124. The lowest BCUT2D eigenvalue weighted by atomic mass is 9.95. The van der Waals surface area contributed by atoms with E-state index in [1.807, 2.05) is 130 Å². The molecule has 8 aromatic carbocycles. The first kappa shape index (κ1) is 23.2. The van der Waals surface area contributed by atoms with Gasteiger partial charge in [0, 0.05) is 43.8 Å². The number of hydrogen-bond donors (Lipinski definition) is 0. The third kappa shape index (κ3) is 5.06. The SMILES string of the molecule is [2H]c1c([2H])c([2H])c(-c2cccc(-c3c([2H])c([2H])c([2H])c([2H])c3[2H])c2-n2c3ccccc3c3ccc4c5ccccc5n(-c5nc(-c6ccccc6)nc(-c6ccccc6)n5)c4c32)c([2H])c1[2H]. The normalized spacial score (nSPS) is 14.1. The van der Waals surface area contributed by atoms with E-state index in [9.17, 15) is 5.48 Å². The van der Waals surface area contributed by atoms with Gasteiger partial charge in [-0.15, -0.1) is 0 Å². The van der Waals surface area contributed by atoms with Crippen LogP contribution >= 0.6 is 0 Å². The van der Waals surface area contributed by atoms with Crippen molar-refractivity contribution in [2.75, 3.05) is 0 Å². The Labute approximate surface area is 337 Å². The van der Waals surface area contributed by atoms with E-state index in [2.05, 4.69) is 0 Å². The van der Waals surface area contributed by atoms with Crippen LogP contribution < -0.4 is 0 Å². The first-order valence-corrected chi connectivity index (χ1v) is 18.1. The van der Waals surface area contributed by atoms with Gasteiger partial charge in [0.15, 0.2) is 11.6 Å². The van der Waals surface area contributed by atoms with E-state index in [1.54, 1.807) is 18.2 Å². The van der Waals surface area contributed by atoms with Crippen molar-refractivity contribution in [1.82, 2.24) is 24.1 Å². The summed E-state index contributed by atoms with van der Waals surface area (Å²) < 4.78 is 92.8. The molecule has 56 heavy (non-hydrogen) atoms. The zero-order chi connectivity index (χ0) is 45.7. The van der Waals surface area contributed by atoms with Crippen LogP contribution in [0.3, 0.4) is 0 Å². The van der Waals surface area contributed by atoms with Crippen molar-refractivity contribution in [2.24, 2.45) is 0 Å². The van der Waals surface area contributed by atoms with Crippen LogP contribution in [0.4, 0.5) is 0 Å². The van der Waals surface area contributed by atoms with Crippen LogP contribution in [0, 0.1) is 0 Å². The monoisotopic (exact) mass is 725 g/mol. The minimum atomic E-state index is -0.567. The lowest BCUT2D eigenvalue weighted by Gasteiger charge is -2.20. The van der Waals surface area contributed by atoms with E-state index in [-0.39, 0.29) is 27.9 Å². The van der Waals surface area contributed by atoms with Crippen LogP contribution in [-0.4, -0.2) is 24.1 Å². The number of benzene rings is 8. The molecule has 0 N–H and O–H groups in total. The maximum atomic E-state index is 9.24. The van der Waals surface area contributed by atoms with Gasteiger partial charge in [-0.1, -0.05) is 188 Å². The van der Waals surface area contributed by atoms with Crippen LogP contribution in [0.5, 0.6) is 0 Å². The predicted octanol–water partition coefficient (Wildman–Crippen LogP) is 12.7. The van der Waals surface area contributed by atoms with Gasteiger partial charge in [-0.3, -0.25) is 4.57 Å². The summed E-state index contributed by atoms with van der Waals surface area (Å²) in [5.41, 5.74) is 4.54. The molecule has 0 saturated carbocycles. The second-order valence-corrected chi connectivity index (χ2v) is 13.3. The first-order valence-electron chi connectivity index (χ1n) is 23.1. The number of rotatable bonds is 6. The minimum Gasteiger partial charge on any atom is -0.306 e. The predicted molar refractivity (Wildman–Crippen MR) is 230 cm³/mol. The first-order chi connectivity index (χ1) is 32.0. The van der Waals surface area contributed by atoms with E-state index >= 15 is 0 Å². The zero-order valence-electron chi connectivity index (χ0n) is 39.5. The molecule has 0 aliphatic rings. The fourth-order valence-electron chi connectivity index (χ4n) is 7.80. The second-order valence-electron chi connectivity index (χ2n) is 13.3. The fraction of sp³-hybridized carbons (Fsp3) is 0. The van der Waals surface area contributed by atoms with Crippen molar-refractivity contribution in [3.8, 4) is 56.7 Å². The van der Waals surface area contributed by atoms with Crippen molar-refractivity contribution in [1.29, 1.82) is 0 Å². The molecule has 3 aromatic heterocycles. The van der Waals surface area contributed by atoms with Gasteiger partial charge in [-0.25, -0.2) is 4.98 Å². The van der Waals surface area contributed by atoms with Crippen LogP contribution in [0.15, 0.2) is 200 Å². The fourth-order valence-corrected chi connectivity index (χ4v) is 7.80. The molecule has 3 heterocycles. The van der Waals surface area contributed by atoms with Crippen LogP contribution in [0.1, 0.15) is 13.7 Å². The zero-order valence-corrected chi connectivity index (χ0v) is 29.5. The number of hydrogen-bond acceptors (Lipinski definition) is 3. The maximum Gasteiger partial charge on any atom is 0.238 e. The van der Waals surface area contributed by atoms with Gasteiger partial charge < -0.3 is 4.57 Å². The van der Waals surface area contributed by atoms with Gasteiger partial charge in [-0.2, -0.15) is 9.97 Å². The summed E-state index contributed by atoms with van der Waals surface area (Å²) in [5, 5.41) is 3.25. The van der Waals surface area contributed by atoms with Crippen molar-refractivity contribution in [3.05, 3.63) is 200 Å². The van der Waals surface area contributed by atoms with Crippen molar-refractivity contribution >= 4 is 43.6 Å². The summed E-state index contributed by atoms with van der Waals surface area (Å²) in [7, 11) is 0. The maximum absolute atomic E-state index is 9.24. The molecule has 5 heteroatoms. The number of fused-ring (bicyclic) bond motifs is 7. The van der Waals surface area contributed by atoms with Crippen molar-refractivity contribution in [3.63, 3.8) is 0 Å². The molecule has 0 radical (unpaired) electrons. The average Bonchev–Trinajstić information content (AvgIpc) is 3.87.